The molecule has 1 unspecified atom stereocenters. The molecule has 0 aliphatic rings. The highest BCUT2D eigenvalue weighted by molar-refractivity contribution is 5.80. The van der Waals surface area contributed by atoms with E-state index in [0.29, 0.717) is 11.6 Å². The first-order valence-electron chi connectivity index (χ1n) is 7.41. The Morgan fingerprint density at radius 3 is 2.75 bits per heavy atom. The highest BCUT2D eigenvalue weighted by atomic mass is 19.1. The molecule has 24 heavy (non-hydrogen) atoms. The van der Waals surface area contributed by atoms with Crippen LogP contribution in [0.15, 0.2) is 36.5 Å². The monoisotopic (exact) mass is 336 g/mol. The Balaban J connectivity index is 2.11. The summed E-state index contributed by atoms with van der Waals surface area (Å²) in [5, 5.41) is 12.3. The lowest BCUT2D eigenvalue weighted by molar-refractivity contribution is -0.131. The van der Waals surface area contributed by atoms with Crippen LogP contribution >= 0.6 is 0 Å². The van der Waals surface area contributed by atoms with Crippen molar-refractivity contribution in [2.45, 2.75) is 26.5 Å². The summed E-state index contributed by atoms with van der Waals surface area (Å²) in [4.78, 5) is 15.8. The summed E-state index contributed by atoms with van der Waals surface area (Å²) < 4.78 is 32.0. The standard InChI is InChI=1S/C17H18F2N2O3/c1-10(2)15(22)16(23)21-9-11-4-3-7-20-17(11)24-14-6-5-12(18)8-13(14)19/h3-8,10,15,22H,9H2,1-2H3,(H,21,23). The second kappa shape index (κ2) is 7.83. The molecule has 1 atom stereocenters. The van der Waals surface area contributed by atoms with E-state index in [0.717, 1.165) is 12.1 Å². The maximum Gasteiger partial charge on any atom is 0.249 e. The molecule has 2 aromatic rings. The van der Waals surface area contributed by atoms with E-state index in [1.807, 2.05) is 0 Å². The van der Waals surface area contributed by atoms with Crippen molar-refractivity contribution in [2.75, 3.05) is 0 Å². The Bertz CT molecular complexity index is 723. The van der Waals surface area contributed by atoms with Gasteiger partial charge in [0.1, 0.15) is 11.9 Å². The topological polar surface area (TPSA) is 71.5 Å². The van der Waals surface area contributed by atoms with Crippen LogP contribution in [0.25, 0.3) is 0 Å². The lowest BCUT2D eigenvalue weighted by atomic mass is 10.1. The Kier molecular flexibility index (Phi) is 5.81. The van der Waals surface area contributed by atoms with Crippen molar-refractivity contribution in [3.63, 3.8) is 0 Å². The molecule has 0 saturated carbocycles. The van der Waals surface area contributed by atoms with E-state index in [1.165, 1.54) is 6.20 Å². The van der Waals surface area contributed by atoms with Gasteiger partial charge in [0.25, 0.3) is 0 Å². The van der Waals surface area contributed by atoms with E-state index in [2.05, 4.69) is 10.3 Å². The number of aliphatic hydroxyl groups is 1. The first-order valence-corrected chi connectivity index (χ1v) is 7.41. The summed E-state index contributed by atoms with van der Waals surface area (Å²) in [5.74, 6) is -2.40. The molecule has 1 aromatic carbocycles. The molecule has 1 amide bonds. The summed E-state index contributed by atoms with van der Waals surface area (Å²) >= 11 is 0. The average molecular weight is 336 g/mol. The molecular weight excluding hydrogens is 318 g/mol. The number of aliphatic hydroxyl groups excluding tert-OH is 1. The predicted molar refractivity (Wildman–Crippen MR) is 83.4 cm³/mol. The van der Waals surface area contributed by atoms with Crippen LogP contribution in [-0.4, -0.2) is 22.1 Å². The lowest BCUT2D eigenvalue weighted by Crippen LogP contribution is -2.37. The number of benzene rings is 1. The van der Waals surface area contributed by atoms with Crippen LogP contribution in [0.5, 0.6) is 11.6 Å². The van der Waals surface area contributed by atoms with E-state index in [4.69, 9.17) is 4.74 Å². The zero-order valence-electron chi connectivity index (χ0n) is 13.3. The number of amides is 1. The van der Waals surface area contributed by atoms with E-state index < -0.39 is 23.6 Å². The molecule has 0 aliphatic heterocycles. The SMILES string of the molecule is CC(C)C(O)C(=O)NCc1cccnc1Oc1ccc(F)cc1F. The van der Waals surface area contributed by atoms with Crippen molar-refractivity contribution in [1.29, 1.82) is 0 Å². The largest absolute Gasteiger partial charge is 0.436 e. The van der Waals surface area contributed by atoms with Gasteiger partial charge in [-0.15, -0.1) is 0 Å². The molecule has 0 spiro atoms. The molecule has 0 saturated heterocycles. The van der Waals surface area contributed by atoms with Crippen LogP contribution in [-0.2, 0) is 11.3 Å². The minimum atomic E-state index is -1.12. The maximum atomic E-state index is 13.7. The molecular formula is C17H18F2N2O3. The number of hydrogen-bond donors (Lipinski definition) is 2. The number of rotatable bonds is 6. The highest BCUT2D eigenvalue weighted by Crippen LogP contribution is 2.26. The zero-order valence-corrected chi connectivity index (χ0v) is 13.3. The molecule has 128 valence electrons. The van der Waals surface area contributed by atoms with Gasteiger partial charge in [-0.3, -0.25) is 4.79 Å². The molecule has 0 fully saturated rings. The number of carbonyl (C=O) groups excluding carboxylic acids is 1. The Labute approximate surface area is 138 Å². The van der Waals surface area contributed by atoms with Gasteiger partial charge in [0.15, 0.2) is 11.6 Å². The first kappa shape index (κ1) is 17.8. The molecule has 0 bridgehead atoms. The lowest BCUT2D eigenvalue weighted by Gasteiger charge is -2.15. The van der Waals surface area contributed by atoms with E-state index in [-0.39, 0.29) is 24.1 Å². The molecule has 1 aromatic heterocycles. The van der Waals surface area contributed by atoms with Crippen LogP contribution < -0.4 is 10.1 Å². The molecule has 7 heteroatoms. The predicted octanol–water partition coefficient (Wildman–Crippen LogP) is 2.79. The van der Waals surface area contributed by atoms with Crippen molar-refractivity contribution >= 4 is 5.91 Å². The zero-order chi connectivity index (χ0) is 17.7. The fourth-order valence-corrected chi connectivity index (χ4v) is 1.90. The summed E-state index contributed by atoms with van der Waals surface area (Å²) in [6, 6.07) is 6.21. The van der Waals surface area contributed by atoms with Crippen LogP contribution in [0.2, 0.25) is 0 Å². The van der Waals surface area contributed by atoms with Gasteiger partial charge < -0.3 is 15.2 Å². The number of aromatic nitrogens is 1. The van der Waals surface area contributed by atoms with E-state index in [9.17, 15) is 18.7 Å². The molecule has 2 rings (SSSR count). The number of ether oxygens (including phenoxy) is 1. The van der Waals surface area contributed by atoms with Gasteiger partial charge in [-0.05, 0) is 24.1 Å². The first-order chi connectivity index (χ1) is 11.4. The van der Waals surface area contributed by atoms with Crippen LogP contribution in [0.3, 0.4) is 0 Å². The second-order valence-electron chi connectivity index (χ2n) is 5.55. The number of nitrogens with one attached hydrogen (secondary N) is 1. The fraction of sp³-hybridized carbons (Fsp3) is 0.294. The number of hydrogen-bond acceptors (Lipinski definition) is 4. The Hall–Kier alpha value is -2.54. The van der Waals surface area contributed by atoms with Gasteiger partial charge in [0.2, 0.25) is 11.8 Å². The van der Waals surface area contributed by atoms with Gasteiger partial charge in [-0.1, -0.05) is 19.9 Å². The van der Waals surface area contributed by atoms with E-state index in [1.54, 1.807) is 26.0 Å². The molecule has 1 heterocycles. The average Bonchev–Trinajstić information content (AvgIpc) is 2.55. The van der Waals surface area contributed by atoms with Crippen molar-refractivity contribution in [3.8, 4) is 11.6 Å². The summed E-state index contributed by atoms with van der Waals surface area (Å²) in [6.45, 7) is 3.49. The Morgan fingerprint density at radius 2 is 2.08 bits per heavy atom. The molecule has 0 radical (unpaired) electrons. The van der Waals surface area contributed by atoms with Crippen molar-refractivity contribution in [1.82, 2.24) is 10.3 Å². The van der Waals surface area contributed by atoms with Crippen molar-refractivity contribution in [2.24, 2.45) is 5.92 Å². The van der Waals surface area contributed by atoms with Gasteiger partial charge in [0, 0.05) is 24.4 Å². The number of carbonyl (C=O) groups is 1. The maximum absolute atomic E-state index is 13.7. The minimum Gasteiger partial charge on any atom is -0.436 e. The third-order valence-electron chi connectivity index (χ3n) is 3.30. The van der Waals surface area contributed by atoms with Crippen molar-refractivity contribution < 1.29 is 23.4 Å². The fourth-order valence-electron chi connectivity index (χ4n) is 1.90. The Morgan fingerprint density at radius 1 is 1.33 bits per heavy atom. The van der Waals surface area contributed by atoms with Gasteiger partial charge in [-0.25, -0.2) is 13.8 Å². The van der Waals surface area contributed by atoms with Gasteiger partial charge in [-0.2, -0.15) is 0 Å². The van der Waals surface area contributed by atoms with Crippen LogP contribution in [0, 0.1) is 17.6 Å². The van der Waals surface area contributed by atoms with Gasteiger partial charge >= 0.3 is 0 Å². The third-order valence-corrected chi connectivity index (χ3v) is 3.30. The van der Waals surface area contributed by atoms with E-state index >= 15 is 0 Å². The molecule has 0 aliphatic carbocycles. The van der Waals surface area contributed by atoms with Crippen LogP contribution in [0.1, 0.15) is 19.4 Å². The quantitative estimate of drug-likeness (QED) is 0.851. The second-order valence-corrected chi connectivity index (χ2v) is 5.55. The summed E-state index contributed by atoms with van der Waals surface area (Å²) in [6.07, 6.45) is 0.325. The number of nitrogens with zero attached hydrogens (tertiary/aromatic N) is 1. The van der Waals surface area contributed by atoms with Gasteiger partial charge in [0.05, 0.1) is 0 Å². The molecule has 5 nitrogen and oxygen atoms in total. The third kappa shape index (κ3) is 4.48. The smallest absolute Gasteiger partial charge is 0.249 e. The molecule has 2 N–H and O–H groups in total. The highest BCUT2D eigenvalue weighted by Gasteiger charge is 2.19. The van der Waals surface area contributed by atoms with Crippen molar-refractivity contribution in [3.05, 3.63) is 53.7 Å². The number of pyridine rings is 1. The summed E-state index contributed by atoms with van der Waals surface area (Å²) in [5.41, 5.74) is 0.491. The number of halogens is 2. The van der Waals surface area contributed by atoms with Crippen LogP contribution in [0.4, 0.5) is 8.78 Å². The minimum absolute atomic E-state index is 0.0502. The summed E-state index contributed by atoms with van der Waals surface area (Å²) in [7, 11) is 0. The normalized spacial score (nSPS) is 12.1.